The Morgan fingerprint density at radius 2 is 1.60 bits per heavy atom. The summed E-state index contributed by atoms with van der Waals surface area (Å²) >= 11 is 0. The number of nitrogens with one attached hydrogen (secondary N) is 1. The molecule has 1 aliphatic rings. The van der Waals surface area contributed by atoms with Crippen molar-refractivity contribution in [2.24, 2.45) is 0 Å². The zero-order valence-electron chi connectivity index (χ0n) is 13.2. The molecule has 0 spiro atoms. The Morgan fingerprint density at radius 3 is 2.16 bits per heavy atom. The van der Waals surface area contributed by atoms with Gasteiger partial charge in [0.15, 0.2) is 0 Å². The van der Waals surface area contributed by atoms with Gasteiger partial charge in [-0.15, -0.1) is 4.41 Å². The molecule has 1 atom stereocenters. The van der Waals surface area contributed by atoms with Crippen molar-refractivity contribution < 1.29 is 21.6 Å². The van der Waals surface area contributed by atoms with Gasteiger partial charge in [-0.25, -0.2) is 8.42 Å². The summed E-state index contributed by atoms with van der Waals surface area (Å²) in [6.45, 7) is 1.79. The first-order valence-electron chi connectivity index (χ1n) is 7.41. The van der Waals surface area contributed by atoms with E-state index in [1.54, 1.807) is 49.4 Å². The maximum Gasteiger partial charge on any atom is 0.432 e. The van der Waals surface area contributed by atoms with E-state index in [2.05, 4.69) is 0 Å². The van der Waals surface area contributed by atoms with Crippen molar-refractivity contribution in [2.75, 3.05) is 0 Å². The van der Waals surface area contributed by atoms with Crippen LogP contribution in [0.15, 0.2) is 71.3 Å². The topological polar surface area (TPSA) is 49.4 Å². The molecule has 0 bridgehead atoms. The lowest BCUT2D eigenvalue weighted by molar-refractivity contribution is -0.0984. The van der Waals surface area contributed by atoms with E-state index in [9.17, 15) is 21.6 Å². The third-order valence-corrected chi connectivity index (χ3v) is 5.54. The molecule has 1 unspecified atom stereocenters. The molecule has 0 fully saturated rings. The van der Waals surface area contributed by atoms with Gasteiger partial charge in [0.25, 0.3) is 10.0 Å². The van der Waals surface area contributed by atoms with Crippen molar-refractivity contribution in [1.29, 1.82) is 0 Å². The molecule has 4 nitrogen and oxygen atoms in total. The second kappa shape index (κ2) is 6.20. The zero-order chi connectivity index (χ0) is 18.2. The smallest absolute Gasteiger partial charge is 0.300 e. The van der Waals surface area contributed by atoms with Crippen LogP contribution in [0.1, 0.15) is 17.2 Å². The highest BCUT2D eigenvalue weighted by Gasteiger charge is 2.45. The van der Waals surface area contributed by atoms with Crippen molar-refractivity contribution in [1.82, 2.24) is 9.84 Å². The minimum Gasteiger partial charge on any atom is -0.300 e. The minimum atomic E-state index is -4.68. The number of allylic oxidation sites excluding steroid dienone is 1. The Hall–Kier alpha value is -2.32. The van der Waals surface area contributed by atoms with E-state index in [1.807, 2.05) is 5.43 Å². The Bertz CT molecular complexity index is 892. The molecule has 0 aliphatic carbocycles. The summed E-state index contributed by atoms with van der Waals surface area (Å²) in [5.41, 5.74) is 2.20. The van der Waals surface area contributed by atoms with Gasteiger partial charge in [-0.2, -0.15) is 13.2 Å². The third-order valence-electron chi connectivity index (χ3n) is 3.83. The van der Waals surface area contributed by atoms with E-state index < -0.39 is 27.9 Å². The predicted octanol–water partition coefficient (Wildman–Crippen LogP) is 3.69. The number of rotatable bonds is 3. The minimum absolute atomic E-state index is 0.0802. The maximum atomic E-state index is 13.1. The second-order valence-electron chi connectivity index (χ2n) is 5.66. The lowest BCUT2D eigenvalue weighted by Crippen LogP contribution is -2.41. The van der Waals surface area contributed by atoms with Crippen LogP contribution in [0.2, 0.25) is 0 Å². The van der Waals surface area contributed by atoms with Crippen LogP contribution in [0.25, 0.3) is 0 Å². The van der Waals surface area contributed by atoms with Crippen molar-refractivity contribution in [3.05, 3.63) is 77.5 Å². The summed E-state index contributed by atoms with van der Waals surface area (Å²) in [4.78, 5) is -0.0802. The number of sulfonamides is 1. The van der Waals surface area contributed by atoms with Gasteiger partial charge in [-0.1, -0.05) is 48.0 Å². The Morgan fingerprint density at radius 1 is 1.00 bits per heavy atom. The third kappa shape index (κ3) is 3.40. The lowest BCUT2D eigenvalue weighted by Gasteiger charge is -2.25. The van der Waals surface area contributed by atoms with Crippen LogP contribution in [0, 0.1) is 6.92 Å². The molecule has 25 heavy (non-hydrogen) atoms. The number of benzene rings is 2. The van der Waals surface area contributed by atoms with Crippen LogP contribution in [0.3, 0.4) is 0 Å². The molecule has 3 rings (SSSR count). The second-order valence-corrected chi connectivity index (χ2v) is 7.47. The molecular weight excluding hydrogens is 353 g/mol. The van der Waals surface area contributed by atoms with Gasteiger partial charge in [0.05, 0.1) is 10.9 Å². The highest BCUT2D eigenvalue weighted by molar-refractivity contribution is 7.89. The van der Waals surface area contributed by atoms with Crippen LogP contribution in [-0.4, -0.2) is 19.0 Å². The van der Waals surface area contributed by atoms with Gasteiger partial charge < -0.3 is 5.43 Å². The van der Waals surface area contributed by atoms with Crippen LogP contribution in [0.4, 0.5) is 13.2 Å². The Balaban J connectivity index is 2.06. The van der Waals surface area contributed by atoms with Crippen molar-refractivity contribution in [3.63, 3.8) is 0 Å². The first-order chi connectivity index (χ1) is 11.7. The summed E-state index contributed by atoms with van der Waals surface area (Å²) in [7, 11) is -4.18. The van der Waals surface area contributed by atoms with Crippen molar-refractivity contribution in [2.45, 2.75) is 24.0 Å². The summed E-state index contributed by atoms with van der Waals surface area (Å²) in [6, 6.07) is 13.0. The first-order valence-corrected chi connectivity index (χ1v) is 8.85. The molecule has 0 saturated carbocycles. The standard InChI is InChI=1S/C17H15F3N2O2S/c1-12-7-9-14(10-8-12)25(23,24)22-15(13-5-3-2-4-6-13)11-16(21-22)17(18,19)20/h2-11,15,21H,1H3. The molecule has 1 aliphatic heterocycles. The van der Waals surface area contributed by atoms with Gasteiger partial charge in [0.1, 0.15) is 5.70 Å². The number of hydrogen-bond acceptors (Lipinski definition) is 3. The molecule has 2 aromatic carbocycles. The molecule has 1 heterocycles. The van der Waals surface area contributed by atoms with Crippen molar-refractivity contribution in [3.8, 4) is 0 Å². The van der Waals surface area contributed by atoms with Gasteiger partial charge in [0.2, 0.25) is 0 Å². The van der Waals surface area contributed by atoms with Gasteiger partial charge in [0, 0.05) is 0 Å². The molecule has 0 amide bonds. The van der Waals surface area contributed by atoms with E-state index in [1.165, 1.54) is 12.1 Å². The van der Waals surface area contributed by atoms with E-state index in [0.29, 0.717) is 9.98 Å². The molecular formula is C17H15F3N2O2S. The number of hydrazine groups is 1. The maximum absolute atomic E-state index is 13.1. The highest BCUT2D eigenvalue weighted by Crippen LogP contribution is 2.37. The van der Waals surface area contributed by atoms with Gasteiger partial charge >= 0.3 is 6.18 Å². The number of nitrogens with zero attached hydrogens (tertiary/aromatic N) is 1. The fraction of sp³-hybridized carbons (Fsp3) is 0.176. The fourth-order valence-electron chi connectivity index (χ4n) is 2.52. The largest absolute Gasteiger partial charge is 0.432 e. The zero-order valence-corrected chi connectivity index (χ0v) is 14.0. The van der Waals surface area contributed by atoms with Crippen LogP contribution < -0.4 is 5.43 Å². The number of aryl methyl sites for hydroxylation is 1. The molecule has 1 N–H and O–H groups in total. The molecule has 0 saturated heterocycles. The van der Waals surface area contributed by atoms with E-state index >= 15 is 0 Å². The summed E-state index contributed by atoms with van der Waals surface area (Å²) in [6.07, 6.45) is -3.80. The summed E-state index contributed by atoms with van der Waals surface area (Å²) in [5, 5.41) is 0. The lowest BCUT2D eigenvalue weighted by atomic mass is 10.1. The Kier molecular flexibility index (Phi) is 4.34. The quantitative estimate of drug-likeness (QED) is 0.899. The first kappa shape index (κ1) is 17.5. The highest BCUT2D eigenvalue weighted by atomic mass is 32.2. The monoisotopic (exact) mass is 368 g/mol. The van der Waals surface area contributed by atoms with Gasteiger partial charge in [-0.3, -0.25) is 0 Å². The molecule has 2 aromatic rings. The normalized spacial score (nSPS) is 18.7. The average Bonchev–Trinajstić information content (AvgIpc) is 3.02. The van der Waals surface area contributed by atoms with E-state index in [0.717, 1.165) is 11.6 Å². The molecule has 132 valence electrons. The van der Waals surface area contributed by atoms with Crippen LogP contribution >= 0.6 is 0 Å². The SMILES string of the molecule is Cc1ccc(S(=O)(=O)N2NC(C(F)(F)F)=CC2c2ccccc2)cc1. The fourth-order valence-corrected chi connectivity index (χ4v) is 3.93. The van der Waals surface area contributed by atoms with Gasteiger partial charge in [-0.05, 0) is 30.7 Å². The van der Waals surface area contributed by atoms with Crippen LogP contribution in [-0.2, 0) is 10.0 Å². The molecule has 0 radical (unpaired) electrons. The summed E-state index contributed by atoms with van der Waals surface area (Å²) < 4.78 is 65.7. The number of halogens is 3. The van der Waals surface area contributed by atoms with Crippen LogP contribution in [0.5, 0.6) is 0 Å². The molecule has 0 aromatic heterocycles. The summed E-state index contributed by atoms with van der Waals surface area (Å²) in [5.74, 6) is 0. The Labute approximate surface area is 143 Å². The predicted molar refractivity (Wildman–Crippen MR) is 86.7 cm³/mol. The van der Waals surface area contributed by atoms with E-state index in [4.69, 9.17) is 0 Å². The average molecular weight is 368 g/mol. The number of alkyl halides is 3. The van der Waals surface area contributed by atoms with Crippen molar-refractivity contribution >= 4 is 10.0 Å². The van der Waals surface area contributed by atoms with E-state index in [-0.39, 0.29) is 4.90 Å². The number of hydrogen-bond donors (Lipinski definition) is 1. The molecule has 8 heteroatoms.